The Kier molecular flexibility index (Phi) is 5.18. The molecule has 0 unspecified atom stereocenters. The lowest BCUT2D eigenvalue weighted by Gasteiger charge is -2.21. The molecule has 0 aliphatic carbocycles. The Labute approximate surface area is 169 Å². The third kappa shape index (κ3) is 3.67. The second-order valence-corrected chi connectivity index (χ2v) is 7.71. The molecule has 1 fully saturated rings. The molecule has 146 valence electrons. The SMILES string of the molecule is COc1ccc(Cl)cc1N1CC[C@@H](NC(=O)Cc2cn(C)c3ccccc23)C1. The number of fused-ring (bicyclic) bond motifs is 1. The molecule has 1 saturated heterocycles. The van der Waals surface area contributed by atoms with E-state index in [1.54, 1.807) is 7.11 Å². The number of rotatable bonds is 5. The van der Waals surface area contributed by atoms with Crippen LogP contribution in [0, 0.1) is 0 Å². The Balaban J connectivity index is 1.42. The molecule has 6 heteroatoms. The highest BCUT2D eigenvalue weighted by molar-refractivity contribution is 6.30. The molecule has 1 aliphatic heterocycles. The number of ether oxygens (including phenoxy) is 1. The van der Waals surface area contributed by atoms with Crippen LogP contribution in [0.25, 0.3) is 10.9 Å². The minimum atomic E-state index is 0.0567. The summed E-state index contributed by atoms with van der Waals surface area (Å²) in [6, 6.07) is 13.9. The van der Waals surface area contributed by atoms with Crippen molar-refractivity contribution in [2.45, 2.75) is 18.9 Å². The van der Waals surface area contributed by atoms with Gasteiger partial charge in [0.25, 0.3) is 0 Å². The van der Waals surface area contributed by atoms with Crippen molar-refractivity contribution < 1.29 is 9.53 Å². The molecule has 1 aliphatic rings. The van der Waals surface area contributed by atoms with Gasteiger partial charge in [0.2, 0.25) is 5.91 Å². The second-order valence-electron chi connectivity index (χ2n) is 7.27. The summed E-state index contributed by atoms with van der Waals surface area (Å²) in [5.41, 5.74) is 3.17. The number of nitrogens with one attached hydrogen (secondary N) is 1. The van der Waals surface area contributed by atoms with Gasteiger partial charge in [-0.15, -0.1) is 0 Å². The molecule has 5 nitrogen and oxygen atoms in total. The number of anilines is 1. The number of methoxy groups -OCH3 is 1. The number of aryl methyl sites for hydroxylation is 1. The summed E-state index contributed by atoms with van der Waals surface area (Å²) >= 11 is 6.16. The summed E-state index contributed by atoms with van der Waals surface area (Å²) in [5.74, 6) is 0.855. The van der Waals surface area contributed by atoms with E-state index >= 15 is 0 Å². The van der Waals surface area contributed by atoms with Crippen LogP contribution in [-0.2, 0) is 18.3 Å². The van der Waals surface area contributed by atoms with Crippen molar-refractivity contribution in [2.75, 3.05) is 25.1 Å². The number of hydrogen-bond acceptors (Lipinski definition) is 3. The van der Waals surface area contributed by atoms with Gasteiger partial charge >= 0.3 is 0 Å². The third-order valence-corrected chi connectivity index (χ3v) is 5.60. The van der Waals surface area contributed by atoms with Crippen LogP contribution in [0.2, 0.25) is 5.02 Å². The van der Waals surface area contributed by atoms with E-state index in [1.165, 1.54) is 0 Å². The van der Waals surface area contributed by atoms with Crippen LogP contribution >= 0.6 is 11.6 Å². The first kappa shape index (κ1) is 18.7. The van der Waals surface area contributed by atoms with Gasteiger partial charge in [-0.2, -0.15) is 0 Å². The van der Waals surface area contributed by atoms with Gasteiger partial charge in [0.1, 0.15) is 5.75 Å². The summed E-state index contributed by atoms with van der Waals surface area (Å²) < 4.78 is 7.53. The Morgan fingerprint density at radius 3 is 2.93 bits per heavy atom. The van der Waals surface area contributed by atoms with E-state index in [-0.39, 0.29) is 11.9 Å². The van der Waals surface area contributed by atoms with Crippen molar-refractivity contribution in [1.29, 1.82) is 0 Å². The first-order valence-electron chi connectivity index (χ1n) is 9.46. The number of aromatic nitrogens is 1. The quantitative estimate of drug-likeness (QED) is 0.712. The zero-order valence-corrected chi connectivity index (χ0v) is 16.9. The van der Waals surface area contributed by atoms with Gasteiger partial charge < -0.3 is 19.5 Å². The van der Waals surface area contributed by atoms with Gasteiger partial charge in [0.15, 0.2) is 0 Å². The molecule has 1 amide bonds. The van der Waals surface area contributed by atoms with Gasteiger partial charge in [-0.05, 0) is 36.2 Å². The zero-order valence-electron chi connectivity index (χ0n) is 16.1. The van der Waals surface area contributed by atoms with Crippen molar-refractivity contribution in [3.8, 4) is 5.75 Å². The lowest BCUT2D eigenvalue weighted by Crippen LogP contribution is -2.38. The molecule has 0 radical (unpaired) electrons. The lowest BCUT2D eigenvalue weighted by molar-refractivity contribution is -0.121. The normalized spacial score (nSPS) is 16.5. The van der Waals surface area contributed by atoms with Crippen molar-refractivity contribution in [2.24, 2.45) is 7.05 Å². The Morgan fingerprint density at radius 2 is 2.11 bits per heavy atom. The van der Waals surface area contributed by atoms with Crippen molar-refractivity contribution in [1.82, 2.24) is 9.88 Å². The highest BCUT2D eigenvalue weighted by Gasteiger charge is 2.26. The van der Waals surface area contributed by atoms with Crippen LogP contribution in [-0.4, -0.2) is 36.7 Å². The van der Waals surface area contributed by atoms with Gasteiger partial charge in [-0.1, -0.05) is 29.8 Å². The van der Waals surface area contributed by atoms with Gasteiger partial charge in [-0.25, -0.2) is 0 Å². The number of benzene rings is 2. The van der Waals surface area contributed by atoms with Crippen molar-refractivity contribution in [3.05, 3.63) is 59.2 Å². The number of amides is 1. The molecule has 4 rings (SSSR count). The van der Waals surface area contributed by atoms with E-state index in [1.807, 2.05) is 43.6 Å². The van der Waals surface area contributed by atoms with E-state index in [0.717, 1.165) is 47.4 Å². The fraction of sp³-hybridized carbons (Fsp3) is 0.318. The standard InChI is InChI=1S/C22H24ClN3O2/c1-25-13-15(18-5-3-4-6-19(18)25)11-22(27)24-17-9-10-26(14-17)20-12-16(23)7-8-21(20)28-2/h3-8,12-13,17H,9-11,14H2,1-2H3,(H,24,27)/t17-/m1/s1. The largest absolute Gasteiger partial charge is 0.495 e. The Hall–Kier alpha value is -2.66. The van der Waals surface area contributed by atoms with Crippen LogP contribution in [0.15, 0.2) is 48.7 Å². The maximum absolute atomic E-state index is 12.7. The average molecular weight is 398 g/mol. The maximum Gasteiger partial charge on any atom is 0.224 e. The van der Waals surface area contributed by atoms with Crippen LogP contribution in [0.3, 0.4) is 0 Å². The van der Waals surface area contributed by atoms with Crippen LogP contribution in [0.4, 0.5) is 5.69 Å². The summed E-state index contributed by atoms with van der Waals surface area (Å²) in [5, 5.41) is 5.01. The number of para-hydroxylation sites is 1. The molecule has 1 N–H and O–H groups in total. The Bertz CT molecular complexity index is 1010. The molecule has 0 bridgehead atoms. The van der Waals surface area contributed by atoms with Crippen molar-refractivity contribution in [3.63, 3.8) is 0 Å². The highest BCUT2D eigenvalue weighted by atomic mass is 35.5. The average Bonchev–Trinajstić information content (AvgIpc) is 3.27. The molecule has 1 aromatic heterocycles. The number of halogens is 1. The molecule has 28 heavy (non-hydrogen) atoms. The molecule has 1 atom stereocenters. The maximum atomic E-state index is 12.7. The van der Waals surface area contributed by atoms with E-state index in [9.17, 15) is 4.79 Å². The third-order valence-electron chi connectivity index (χ3n) is 5.37. The van der Waals surface area contributed by atoms with Crippen molar-refractivity contribution >= 4 is 34.1 Å². The minimum Gasteiger partial charge on any atom is -0.495 e. The predicted octanol–water partition coefficient (Wildman–Crippen LogP) is 3.78. The second kappa shape index (κ2) is 7.76. The summed E-state index contributed by atoms with van der Waals surface area (Å²) in [4.78, 5) is 14.9. The topological polar surface area (TPSA) is 46.5 Å². The fourth-order valence-electron chi connectivity index (χ4n) is 4.03. The Morgan fingerprint density at radius 1 is 1.29 bits per heavy atom. The highest BCUT2D eigenvalue weighted by Crippen LogP contribution is 2.33. The summed E-state index contributed by atoms with van der Waals surface area (Å²) in [6.07, 6.45) is 3.33. The number of nitrogens with zero attached hydrogens (tertiary/aromatic N) is 2. The molecular formula is C22H24ClN3O2. The van der Waals surface area contributed by atoms with E-state index in [4.69, 9.17) is 16.3 Å². The number of carbonyl (C=O) groups is 1. The van der Waals surface area contributed by atoms with Gasteiger partial charge in [0.05, 0.1) is 19.2 Å². The summed E-state index contributed by atoms with van der Waals surface area (Å²) in [6.45, 7) is 1.61. The first-order valence-corrected chi connectivity index (χ1v) is 9.83. The monoisotopic (exact) mass is 397 g/mol. The molecule has 0 spiro atoms. The van der Waals surface area contributed by atoms with E-state index in [0.29, 0.717) is 11.4 Å². The van der Waals surface area contributed by atoms with Crippen LogP contribution in [0.1, 0.15) is 12.0 Å². The predicted molar refractivity (Wildman–Crippen MR) is 113 cm³/mol. The fourth-order valence-corrected chi connectivity index (χ4v) is 4.19. The smallest absolute Gasteiger partial charge is 0.224 e. The number of hydrogen-bond donors (Lipinski definition) is 1. The van der Waals surface area contributed by atoms with E-state index < -0.39 is 0 Å². The van der Waals surface area contributed by atoms with Crippen LogP contribution in [0.5, 0.6) is 5.75 Å². The molecule has 3 aromatic rings. The molecule has 0 saturated carbocycles. The molecular weight excluding hydrogens is 374 g/mol. The number of carbonyl (C=O) groups excluding carboxylic acids is 1. The molecule has 2 heterocycles. The van der Waals surface area contributed by atoms with Gasteiger partial charge in [-0.3, -0.25) is 4.79 Å². The minimum absolute atomic E-state index is 0.0567. The molecule has 2 aromatic carbocycles. The van der Waals surface area contributed by atoms with Crippen LogP contribution < -0.4 is 15.0 Å². The van der Waals surface area contributed by atoms with Gasteiger partial charge in [0, 0.05) is 48.3 Å². The lowest BCUT2D eigenvalue weighted by atomic mass is 10.1. The zero-order chi connectivity index (χ0) is 19.7. The van der Waals surface area contributed by atoms with E-state index in [2.05, 4.69) is 26.9 Å². The first-order chi connectivity index (χ1) is 13.5. The summed E-state index contributed by atoms with van der Waals surface area (Å²) in [7, 11) is 3.67.